The summed E-state index contributed by atoms with van der Waals surface area (Å²) < 4.78 is 2.41. The summed E-state index contributed by atoms with van der Waals surface area (Å²) >= 11 is 0. The van der Waals surface area contributed by atoms with Crippen LogP contribution >= 0.6 is 0 Å². The third-order valence-electron chi connectivity index (χ3n) is 3.65. The van der Waals surface area contributed by atoms with Gasteiger partial charge in [0.25, 0.3) is 0 Å². The van der Waals surface area contributed by atoms with Crippen LogP contribution in [0.5, 0.6) is 0 Å². The third kappa shape index (κ3) is 1.47. The van der Waals surface area contributed by atoms with Gasteiger partial charge in [-0.2, -0.15) is 0 Å². The highest BCUT2D eigenvalue weighted by molar-refractivity contribution is 5.63. The Hall–Kier alpha value is -1.70. The molecule has 88 valence electrons. The zero-order valence-electron chi connectivity index (χ0n) is 10.2. The van der Waals surface area contributed by atoms with Gasteiger partial charge in [-0.25, -0.2) is 0 Å². The Balaban J connectivity index is 2.49. The molecule has 0 fully saturated rings. The maximum Gasteiger partial charge on any atom is 0.0506 e. The Labute approximate surface area is 101 Å². The van der Waals surface area contributed by atoms with E-state index in [4.69, 9.17) is 5.73 Å². The van der Waals surface area contributed by atoms with Crippen LogP contribution in [-0.4, -0.2) is 4.57 Å². The van der Waals surface area contributed by atoms with Gasteiger partial charge in [0.05, 0.1) is 5.35 Å². The molecule has 0 atom stereocenters. The van der Waals surface area contributed by atoms with Crippen molar-refractivity contribution in [1.82, 2.24) is 4.57 Å². The fourth-order valence-electron chi connectivity index (χ4n) is 2.91. The van der Waals surface area contributed by atoms with Crippen LogP contribution in [0, 0.1) is 0 Å². The van der Waals surface area contributed by atoms with E-state index in [-0.39, 0.29) is 0 Å². The predicted molar refractivity (Wildman–Crippen MR) is 72.5 cm³/mol. The number of nitrogens with two attached hydrogens (primary N) is 1. The van der Waals surface area contributed by atoms with E-state index < -0.39 is 0 Å². The molecule has 2 N–H and O–H groups in total. The van der Waals surface area contributed by atoms with E-state index >= 15 is 0 Å². The lowest BCUT2D eigenvalue weighted by Gasteiger charge is -2.10. The van der Waals surface area contributed by atoms with Crippen molar-refractivity contribution in [3.05, 3.63) is 40.1 Å². The van der Waals surface area contributed by atoms with Crippen LogP contribution in [0.4, 0.5) is 0 Å². The van der Waals surface area contributed by atoms with Crippen molar-refractivity contribution in [1.29, 1.82) is 0 Å². The molecule has 0 radical (unpaired) electrons. The van der Waals surface area contributed by atoms with Gasteiger partial charge >= 0.3 is 0 Å². The highest BCUT2D eigenvalue weighted by Gasteiger charge is 2.15. The molecule has 3 rings (SSSR count). The van der Waals surface area contributed by atoms with E-state index in [1.807, 2.05) is 0 Å². The second-order valence-electron chi connectivity index (χ2n) is 4.63. The largest absolute Gasteiger partial charge is 0.401 e. The first kappa shape index (κ1) is 10.5. The summed E-state index contributed by atoms with van der Waals surface area (Å²) in [5.74, 6) is 0. The first-order chi connectivity index (χ1) is 8.33. The Morgan fingerprint density at radius 1 is 1.35 bits per heavy atom. The quantitative estimate of drug-likeness (QED) is 0.768. The number of hydrogen-bond acceptors (Lipinski definition) is 1. The Bertz CT molecular complexity index is 627. The molecule has 0 saturated carbocycles. The van der Waals surface area contributed by atoms with Gasteiger partial charge in [-0.15, -0.1) is 0 Å². The molecule has 0 spiro atoms. The molecule has 2 nitrogen and oxygen atoms in total. The smallest absolute Gasteiger partial charge is 0.0506 e. The van der Waals surface area contributed by atoms with Crippen LogP contribution in [0.25, 0.3) is 17.8 Å². The molecule has 1 aromatic rings. The average Bonchev–Trinajstić information content (AvgIpc) is 2.55. The lowest BCUT2D eigenvalue weighted by atomic mass is 10.0. The molecule has 0 unspecified atom stereocenters. The van der Waals surface area contributed by atoms with Gasteiger partial charge in [0.15, 0.2) is 0 Å². The maximum absolute atomic E-state index is 6.24. The molecule has 0 aromatic carbocycles. The number of allylic oxidation sites excluding steroid dienone is 2. The van der Waals surface area contributed by atoms with E-state index in [9.17, 15) is 0 Å². The molecule has 0 saturated heterocycles. The second-order valence-corrected chi connectivity index (χ2v) is 4.63. The van der Waals surface area contributed by atoms with Crippen molar-refractivity contribution in [3.8, 4) is 0 Å². The number of hydrogen-bond donors (Lipinski definition) is 1. The lowest BCUT2D eigenvalue weighted by Crippen LogP contribution is -2.33. The van der Waals surface area contributed by atoms with Crippen molar-refractivity contribution < 1.29 is 0 Å². The molecule has 0 bridgehead atoms. The van der Waals surface area contributed by atoms with Gasteiger partial charge in [0.1, 0.15) is 0 Å². The predicted octanol–water partition coefficient (Wildman–Crippen LogP) is 1.27. The Morgan fingerprint density at radius 2 is 2.24 bits per heavy atom. The molecule has 17 heavy (non-hydrogen) atoms. The molecular formula is C15H18N2. The van der Waals surface area contributed by atoms with E-state index in [0.717, 1.165) is 31.5 Å². The van der Waals surface area contributed by atoms with Gasteiger partial charge in [-0.05, 0) is 25.8 Å². The molecule has 0 amide bonds. The maximum atomic E-state index is 6.24. The van der Waals surface area contributed by atoms with Crippen LogP contribution in [-0.2, 0) is 13.0 Å². The lowest BCUT2D eigenvalue weighted by molar-refractivity contribution is 0.688. The van der Waals surface area contributed by atoms with Crippen molar-refractivity contribution in [3.63, 3.8) is 0 Å². The van der Waals surface area contributed by atoms with E-state index in [1.54, 1.807) is 0 Å². The zero-order valence-corrected chi connectivity index (χ0v) is 10.2. The minimum atomic E-state index is 0.859. The van der Waals surface area contributed by atoms with Gasteiger partial charge in [0, 0.05) is 35.1 Å². The van der Waals surface area contributed by atoms with Crippen LogP contribution in [0.1, 0.15) is 31.0 Å². The molecule has 1 aromatic heterocycles. The first-order valence-corrected chi connectivity index (χ1v) is 6.36. The zero-order chi connectivity index (χ0) is 11.8. The van der Waals surface area contributed by atoms with Crippen molar-refractivity contribution in [2.24, 2.45) is 5.73 Å². The average molecular weight is 226 g/mol. The van der Waals surface area contributed by atoms with Crippen molar-refractivity contribution in [2.45, 2.75) is 32.7 Å². The number of rotatable bonds is 1. The molecule has 2 aliphatic carbocycles. The summed E-state index contributed by atoms with van der Waals surface area (Å²) in [5.41, 5.74) is 10.0. The number of nitrogens with zero attached hydrogens (tertiary/aromatic N) is 1. The van der Waals surface area contributed by atoms with Gasteiger partial charge in [-0.1, -0.05) is 24.3 Å². The fraction of sp³-hybridized carbons (Fsp3) is 0.333. The van der Waals surface area contributed by atoms with Crippen LogP contribution in [0.3, 0.4) is 0 Å². The molecule has 2 heteroatoms. The number of fused-ring (bicyclic) bond motifs is 3. The van der Waals surface area contributed by atoms with Crippen molar-refractivity contribution in [2.75, 3.05) is 0 Å². The van der Waals surface area contributed by atoms with E-state index in [2.05, 4.69) is 41.9 Å². The van der Waals surface area contributed by atoms with Gasteiger partial charge in [0.2, 0.25) is 0 Å². The van der Waals surface area contributed by atoms with E-state index in [0.29, 0.717) is 0 Å². The summed E-state index contributed by atoms with van der Waals surface area (Å²) in [5, 5.41) is 2.55. The number of aromatic nitrogens is 1. The first-order valence-electron chi connectivity index (χ1n) is 6.36. The van der Waals surface area contributed by atoms with Crippen LogP contribution < -0.4 is 16.3 Å². The summed E-state index contributed by atoms with van der Waals surface area (Å²) in [6, 6.07) is 0. The minimum absolute atomic E-state index is 0.859. The fourth-order valence-corrected chi connectivity index (χ4v) is 2.91. The van der Waals surface area contributed by atoms with Crippen molar-refractivity contribution >= 4 is 17.8 Å². The van der Waals surface area contributed by atoms with Gasteiger partial charge < -0.3 is 10.3 Å². The molecule has 0 aliphatic heterocycles. The highest BCUT2D eigenvalue weighted by atomic mass is 15.0. The summed E-state index contributed by atoms with van der Waals surface area (Å²) in [6.07, 6.45) is 14.1. The molecular weight excluding hydrogens is 208 g/mol. The normalized spacial score (nSPS) is 17.4. The topological polar surface area (TPSA) is 30.9 Å². The highest BCUT2D eigenvalue weighted by Crippen LogP contribution is 2.16. The Morgan fingerprint density at radius 3 is 3.06 bits per heavy atom. The summed E-state index contributed by atoms with van der Waals surface area (Å²) in [4.78, 5) is 0. The van der Waals surface area contributed by atoms with Crippen LogP contribution in [0.15, 0.2) is 18.2 Å². The van der Waals surface area contributed by atoms with E-state index in [1.165, 1.54) is 21.8 Å². The monoisotopic (exact) mass is 226 g/mol. The van der Waals surface area contributed by atoms with Crippen LogP contribution in [0.2, 0.25) is 0 Å². The molecule has 2 aliphatic rings. The third-order valence-corrected chi connectivity index (χ3v) is 3.65. The second kappa shape index (κ2) is 3.95. The molecule has 1 heterocycles. The summed E-state index contributed by atoms with van der Waals surface area (Å²) in [7, 11) is 0. The minimum Gasteiger partial charge on any atom is -0.401 e. The van der Waals surface area contributed by atoms with Gasteiger partial charge in [-0.3, -0.25) is 0 Å². The summed E-state index contributed by atoms with van der Waals surface area (Å²) in [6.45, 7) is 3.22. The SMILES string of the molecule is CCn1c2c(c3c1=CC=CCC=3N)C=CCC2. The Kier molecular flexibility index (Phi) is 2.43. The standard InChI is InChI=1S/C15H18N2/c1-2-17-13-9-5-3-7-11(13)15-12(16)8-4-6-10-14(15)17/h3-4,6-7,10H,2,5,8-9,16H2,1H3.